The minimum Gasteiger partial charge on any atom is -0.369 e. The summed E-state index contributed by atoms with van der Waals surface area (Å²) in [5.41, 5.74) is 7.06. The largest absolute Gasteiger partial charge is 0.369 e. The average Bonchev–Trinajstić information content (AvgIpc) is 2.68. The fourth-order valence-electron chi connectivity index (χ4n) is 3.62. The standard InChI is InChI=1S/C23H24BrN3/c1-17-13-20(16-25-23(17)19-6-3-7-21(24)14-19)18-5-4-8-22(15-18)27-11-9-26(2)10-12-27/h3-8,13-16H,9-12H2,1-2H3. The maximum atomic E-state index is 4.78. The van der Waals surface area contributed by atoms with Gasteiger partial charge in [-0.3, -0.25) is 4.98 Å². The highest BCUT2D eigenvalue weighted by Gasteiger charge is 2.15. The van der Waals surface area contributed by atoms with E-state index in [1.807, 2.05) is 18.3 Å². The molecule has 0 saturated carbocycles. The summed E-state index contributed by atoms with van der Waals surface area (Å²) in [6.07, 6.45) is 1.99. The van der Waals surface area contributed by atoms with Gasteiger partial charge in [0.2, 0.25) is 0 Å². The Bertz CT molecular complexity index is 946. The van der Waals surface area contributed by atoms with Crippen LogP contribution in [-0.2, 0) is 0 Å². The lowest BCUT2D eigenvalue weighted by Crippen LogP contribution is -2.44. The molecule has 138 valence electrons. The van der Waals surface area contributed by atoms with Gasteiger partial charge in [-0.2, -0.15) is 0 Å². The fraction of sp³-hybridized carbons (Fsp3) is 0.261. The highest BCUT2D eigenvalue weighted by atomic mass is 79.9. The third kappa shape index (κ3) is 4.07. The molecule has 4 rings (SSSR count). The molecule has 1 aromatic heterocycles. The first kappa shape index (κ1) is 18.2. The van der Waals surface area contributed by atoms with E-state index in [1.165, 1.54) is 22.4 Å². The van der Waals surface area contributed by atoms with Crippen molar-refractivity contribution in [2.45, 2.75) is 6.92 Å². The Hall–Kier alpha value is -2.17. The first-order valence-corrected chi connectivity index (χ1v) is 10.2. The van der Waals surface area contributed by atoms with Gasteiger partial charge in [-0.15, -0.1) is 0 Å². The predicted molar refractivity (Wildman–Crippen MR) is 117 cm³/mol. The Kier molecular flexibility index (Phi) is 5.28. The number of anilines is 1. The first-order chi connectivity index (χ1) is 13.1. The van der Waals surface area contributed by atoms with Crippen LogP contribution in [0.15, 0.2) is 65.3 Å². The van der Waals surface area contributed by atoms with Gasteiger partial charge in [0.25, 0.3) is 0 Å². The number of benzene rings is 2. The van der Waals surface area contributed by atoms with Crippen molar-refractivity contribution in [2.24, 2.45) is 0 Å². The Morgan fingerprint density at radius 2 is 1.59 bits per heavy atom. The van der Waals surface area contributed by atoms with Gasteiger partial charge < -0.3 is 9.80 Å². The van der Waals surface area contributed by atoms with Gasteiger partial charge in [0.1, 0.15) is 0 Å². The summed E-state index contributed by atoms with van der Waals surface area (Å²) in [7, 11) is 2.19. The van der Waals surface area contributed by atoms with Crippen LogP contribution < -0.4 is 4.90 Å². The molecule has 0 unspecified atom stereocenters. The minimum atomic E-state index is 1.04. The molecule has 0 radical (unpaired) electrons. The molecular weight excluding hydrogens is 398 g/mol. The van der Waals surface area contributed by atoms with Gasteiger partial charge >= 0.3 is 0 Å². The molecule has 0 amide bonds. The molecule has 4 heteroatoms. The highest BCUT2D eigenvalue weighted by Crippen LogP contribution is 2.29. The van der Waals surface area contributed by atoms with Crippen LogP contribution in [0.2, 0.25) is 0 Å². The van der Waals surface area contributed by atoms with Gasteiger partial charge in [0, 0.05) is 53.7 Å². The van der Waals surface area contributed by atoms with Crippen molar-refractivity contribution in [3.63, 3.8) is 0 Å². The monoisotopic (exact) mass is 421 g/mol. The molecule has 0 bridgehead atoms. The molecule has 1 saturated heterocycles. The first-order valence-electron chi connectivity index (χ1n) is 9.37. The molecule has 1 aliphatic rings. The van der Waals surface area contributed by atoms with E-state index in [2.05, 4.69) is 82.2 Å². The lowest BCUT2D eigenvalue weighted by molar-refractivity contribution is 0.313. The van der Waals surface area contributed by atoms with Crippen molar-refractivity contribution in [1.29, 1.82) is 0 Å². The fourth-order valence-corrected chi connectivity index (χ4v) is 4.02. The Balaban J connectivity index is 1.62. The van der Waals surface area contributed by atoms with E-state index in [0.29, 0.717) is 0 Å². The number of aryl methyl sites for hydroxylation is 1. The van der Waals surface area contributed by atoms with Crippen LogP contribution in [-0.4, -0.2) is 43.1 Å². The topological polar surface area (TPSA) is 19.4 Å². The number of rotatable bonds is 3. The van der Waals surface area contributed by atoms with Gasteiger partial charge in [0.15, 0.2) is 0 Å². The van der Waals surface area contributed by atoms with E-state index in [1.54, 1.807) is 0 Å². The summed E-state index contributed by atoms with van der Waals surface area (Å²) >= 11 is 3.55. The van der Waals surface area contributed by atoms with E-state index in [-0.39, 0.29) is 0 Å². The zero-order valence-electron chi connectivity index (χ0n) is 15.8. The number of pyridine rings is 1. The van der Waals surface area contributed by atoms with E-state index in [9.17, 15) is 0 Å². The second-order valence-corrected chi connectivity index (χ2v) is 8.16. The average molecular weight is 422 g/mol. The number of likely N-dealkylation sites (N-methyl/N-ethyl adjacent to an activating group) is 1. The van der Waals surface area contributed by atoms with Crippen LogP contribution in [0.1, 0.15) is 5.56 Å². The minimum absolute atomic E-state index is 1.04. The molecule has 1 aliphatic heterocycles. The number of piperazine rings is 1. The molecule has 0 atom stereocenters. The summed E-state index contributed by atoms with van der Waals surface area (Å²) in [6.45, 7) is 6.54. The van der Waals surface area contributed by atoms with Crippen molar-refractivity contribution < 1.29 is 0 Å². The molecule has 2 heterocycles. The molecule has 0 aliphatic carbocycles. The van der Waals surface area contributed by atoms with Gasteiger partial charge in [-0.25, -0.2) is 0 Å². The zero-order valence-corrected chi connectivity index (χ0v) is 17.4. The third-order valence-electron chi connectivity index (χ3n) is 5.22. The van der Waals surface area contributed by atoms with Crippen LogP contribution in [0.5, 0.6) is 0 Å². The Morgan fingerprint density at radius 3 is 2.33 bits per heavy atom. The van der Waals surface area contributed by atoms with Gasteiger partial charge in [0.05, 0.1) is 5.69 Å². The van der Waals surface area contributed by atoms with Crippen LogP contribution >= 0.6 is 15.9 Å². The van der Waals surface area contributed by atoms with E-state index in [0.717, 1.165) is 41.9 Å². The third-order valence-corrected chi connectivity index (χ3v) is 5.72. The summed E-state index contributed by atoms with van der Waals surface area (Å²) in [4.78, 5) is 9.63. The van der Waals surface area contributed by atoms with E-state index >= 15 is 0 Å². The molecule has 0 N–H and O–H groups in total. The Morgan fingerprint density at radius 1 is 0.852 bits per heavy atom. The maximum Gasteiger partial charge on any atom is 0.0731 e. The van der Waals surface area contributed by atoms with Gasteiger partial charge in [-0.05, 0) is 55.4 Å². The number of hydrogen-bond acceptors (Lipinski definition) is 3. The van der Waals surface area contributed by atoms with Crippen LogP contribution in [0.4, 0.5) is 5.69 Å². The van der Waals surface area contributed by atoms with Crippen molar-refractivity contribution in [3.8, 4) is 22.4 Å². The number of halogens is 1. The molecule has 1 fully saturated rings. The quantitative estimate of drug-likeness (QED) is 0.576. The second kappa shape index (κ2) is 7.83. The number of nitrogens with zero attached hydrogens (tertiary/aromatic N) is 3. The van der Waals surface area contributed by atoms with Gasteiger partial charge in [-0.1, -0.05) is 40.2 Å². The van der Waals surface area contributed by atoms with Crippen LogP contribution in [0.25, 0.3) is 22.4 Å². The molecule has 3 nitrogen and oxygen atoms in total. The highest BCUT2D eigenvalue weighted by molar-refractivity contribution is 9.10. The molecular formula is C23H24BrN3. The van der Waals surface area contributed by atoms with Crippen LogP contribution in [0, 0.1) is 6.92 Å². The Labute approximate surface area is 169 Å². The van der Waals surface area contributed by atoms with Crippen LogP contribution in [0.3, 0.4) is 0 Å². The normalized spacial score (nSPS) is 15.1. The molecule has 27 heavy (non-hydrogen) atoms. The molecule has 2 aromatic carbocycles. The maximum absolute atomic E-state index is 4.78. The number of aromatic nitrogens is 1. The van der Waals surface area contributed by atoms with Crippen molar-refractivity contribution in [3.05, 3.63) is 70.8 Å². The van der Waals surface area contributed by atoms with E-state index < -0.39 is 0 Å². The van der Waals surface area contributed by atoms with Crippen molar-refractivity contribution in [1.82, 2.24) is 9.88 Å². The SMILES string of the molecule is Cc1cc(-c2cccc(N3CCN(C)CC3)c2)cnc1-c1cccc(Br)c1. The summed E-state index contributed by atoms with van der Waals surface area (Å²) in [5, 5.41) is 0. The zero-order chi connectivity index (χ0) is 18.8. The summed E-state index contributed by atoms with van der Waals surface area (Å²) in [6, 6.07) is 19.4. The number of hydrogen-bond donors (Lipinski definition) is 0. The lowest BCUT2D eigenvalue weighted by atomic mass is 10.0. The predicted octanol–water partition coefficient (Wildman–Crippen LogP) is 5.24. The lowest BCUT2D eigenvalue weighted by Gasteiger charge is -2.34. The van der Waals surface area contributed by atoms with E-state index in [4.69, 9.17) is 4.98 Å². The second-order valence-electron chi connectivity index (χ2n) is 7.24. The summed E-state index contributed by atoms with van der Waals surface area (Å²) < 4.78 is 1.07. The van der Waals surface area contributed by atoms with Crippen molar-refractivity contribution >= 4 is 21.6 Å². The smallest absolute Gasteiger partial charge is 0.0731 e. The molecule has 3 aromatic rings. The van der Waals surface area contributed by atoms with Crippen molar-refractivity contribution in [2.75, 3.05) is 38.1 Å². The summed E-state index contributed by atoms with van der Waals surface area (Å²) in [5.74, 6) is 0. The molecule has 0 spiro atoms.